The summed E-state index contributed by atoms with van der Waals surface area (Å²) >= 11 is 3.45. The first-order chi connectivity index (χ1) is 4.99. The van der Waals surface area contributed by atoms with Gasteiger partial charge in [-0.3, -0.25) is 5.43 Å². The van der Waals surface area contributed by atoms with Gasteiger partial charge in [0.25, 0.3) is 0 Å². The van der Waals surface area contributed by atoms with Gasteiger partial charge >= 0.3 is 0 Å². The van der Waals surface area contributed by atoms with Crippen LogP contribution in [0.1, 0.15) is 20.8 Å². The smallest absolute Gasteiger partial charge is 0.172 e. The molecule has 0 amide bonds. The van der Waals surface area contributed by atoms with Gasteiger partial charge in [-0.2, -0.15) is 5.10 Å². The molecule has 1 atom stereocenters. The third-order valence-electron chi connectivity index (χ3n) is 1.34. The first-order valence-corrected chi connectivity index (χ1v) is 4.59. The van der Waals surface area contributed by atoms with E-state index in [0.29, 0.717) is 5.41 Å². The highest BCUT2D eigenvalue weighted by Crippen LogP contribution is 2.18. The minimum Gasteiger partial charge on any atom is -0.330 e. The number of alkyl halides is 1. The summed E-state index contributed by atoms with van der Waals surface area (Å²) < 4.78 is 0. The SMILES string of the molecule is CC(C)(C)CN1C=NNC1Br. The molecule has 0 aromatic rings. The van der Waals surface area contributed by atoms with Gasteiger partial charge in [0.1, 0.15) is 6.34 Å². The van der Waals surface area contributed by atoms with Crippen molar-refractivity contribution in [3.63, 3.8) is 0 Å². The van der Waals surface area contributed by atoms with Crippen molar-refractivity contribution in [1.82, 2.24) is 10.3 Å². The second-order valence-corrected chi connectivity index (χ2v) is 4.81. The zero-order valence-electron chi connectivity index (χ0n) is 7.13. The Morgan fingerprint density at radius 3 is 2.64 bits per heavy atom. The number of rotatable bonds is 1. The van der Waals surface area contributed by atoms with Crippen molar-refractivity contribution in [2.75, 3.05) is 6.54 Å². The molecule has 0 aromatic heterocycles. The molecule has 11 heavy (non-hydrogen) atoms. The van der Waals surface area contributed by atoms with E-state index in [-0.39, 0.29) is 5.08 Å². The van der Waals surface area contributed by atoms with Gasteiger partial charge in [0.15, 0.2) is 5.08 Å². The Kier molecular flexibility index (Phi) is 2.42. The van der Waals surface area contributed by atoms with Crippen molar-refractivity contribution in [1.29, 1.82) is 0 Å². The lowest BCUT2D eigenvalue weighted by molar-refractivity contribution is 0.272. The van der Waals surface area contributed by atoms with Crippen molar-refractivity contribution >= 4 is 22.3 Å². The Morgan fingerprint density at radius 1 is 1.64 bits per heavy atom. The number of nitrogens with one attached hydrogen (secondary N) is 1. The molecular weight excluding hydrogens is 206 g/mol. The van der Waals surface area contributed by atoms with Crippen LogP contribution in [0.2, 0.25) is 0 Å². The molecule has 0 fully saturated rings. The van der Waals surface area contributed by atoms with Crippen LogP contribution in [-0.4, -0.2) is 22.9 Å². The number of hydrazone groups is 1. The zero-order valence-corrected chi connectivity index (χ0v) is 8.72. The lowest BCUT2D eigenvalue weighted by Gasteiger charge is -2.27. The van der Waals surface area contributed by atoms with E-state index < -0.39 is 0 Å². The fourth-order valence-electron chi connectivity index (χ4n) is 0.970. The van der Waals surface area contributed by atoms with Crippen molar-refractivity contribution in [2.24, 2.45) is 10.5 Å². The molecule has 0 saturated heterocycles. The van der Waals surface area contributed by atoms with Crippen LogP contribution in [0.15, 0.2) is 5.10 Å². The second kappa shape index (κ2) is 3.01. The molecule has 0 spiro atoms. The summed E-state index contributed by atoms with van der Waals surface area (Å²) in [6, 6.07) is 0. The molecule has 3 nitrogen and oxygen atoms in total. The maximum atomic E-state index is 3.93. The monoisotopic (exact) mass is 219 g/mol. The molecule has 1 aliphatic rings. The summed E-state index contributed by atoms with van der Waals surface area (Å²) in [5.74, 6) is 0. The van der Waals surface area contributed by atoms with E-state index in [1.54, 1.807) is 0 Å². The lowest BCUT2D eigenvalue weighted by atomic mass is 9.96. The predicted octanol–water partition coefficient (Wildman–Crippen LogP) is 1.56. The molecule has 0 aliphatic carbocycles. The van der Waals surface area contributed by atoms with Gasteiger partial charge < -0.3 is 4.90 Å². The van der Waals surface area contributed by atoms with E-state index in [0.717, 1.165) is 6.54 Å². The molecule has 0 saturated carbocycles. The van der Waals surface area contributed by atoms with Gasteiger partial charge in [-0.25, -0.2) is 0 Å². The molecular formula is C7H14BrN3. The first-order valence-electron chi connectivity index (χ1n) is 3.67. The van der Waals surface area contributed by atoms with Gasteiger partial charge in [0.05, 0.1) is 0 Å². The fraction of sp³-hybridized carbons (Fsp3) is 0.857. The number of hydrogen-bond donors (Lipinski definition) is 1. The average Bonchev–Trinajstić information content (AvgIpc) is 2.12. The van der Waals surface area contributed by atoms with Crippen molar-refractivity contribution in [3.05, 3.63) is 0 Å². The molecule has 4 heteroatoms. The average molecular weight is 220 g/mol. The summed E-state index contributed by atoms with van der Waals surface area (Å²) in [6.45, 7) is 7.62. The molecule has 0 aromatic carbocycles. The molecule has 1 heterocycles. The minimum atomic E-state index is 0.168. The molecule has 64 valence electrons. The molecule has 1 unspecified atom stereocenters. The van der Waals surface area contributed by atoms with E-state index in [1.165, 1.54) is 0 Å². The fourth-order valence-corrected chi connectivity index (χ4v) is 1.34. The topological polar surface area (TPSA) is 27.6 Å². The van der Waals surface area contributed by atoms with Crippen LogP contribution < -0.4 is 5.43 Å². The van der Waals surface area contributed by atoms with Gasteiger partial charge in [0, 0.05) is 6.54 Å². The molecule has 1 N–H and O–H groups in total. The van der Waals surface area contributed by atoms with Crippen molar-refractivity contribution < 1.29 is 0 Å². The molecule has 0 bridgehead atoms. The summed E-state index contributed by atoms with van der Waals surface area (Å²) in [4.78, 5) is 2.12. The predicted molar refractivity (Wildman–Crippen MR) is 50.5 cm³/mol. The zero-order chi connectivity index (χ0) is 8.48. The van der Waals surface area contributed by atoms with Crippen LogP contribution in [-0.2, 0) is 0 Å². The normalized spacial score (nSPS) is 24.0. The van der Waals surface area contributed by atoms with Gasteiger partial charge in [-0.05, 0) is 21.3 Å². The van der Waals surface area contributed by atoms with Crippen LogP contribution in [0.3, 0.4) is 0 Å². The maximum Gasteiger partial charge on any atom is 0.172 e. The summed E-state index contributed by atoms with van der Waals surface area (Å²) in [5.41, 5.74) is 3.21. The Balaban J connectivity index is 2.43. The van der Waals surface area contributed by atoms with E-state index in [4.69, 9.17) is 0 Å². The third-order valence-corrected chi connectivity index (χ3v) is 2.07. The van der Waals surface area contributed by atoms with E-state index in [9.17, 15) is 0 Å². The highest BCUT2D eigenvalue weighted by Gasteiger charge is 2.21. The Morgan fingerprint density at radius 2 is 2.27 bits per heavy atom. The van der Waals surface area contributed by atoms with Crippen molar-refractivity contribution in [3.8, 4) is 0 Å². The highest BCUT2D eigenvalue weighted by atomic mass is 79.9. The molecule has 1 aliphatic heterocycles. The maximum absolute atomic E-state index is 3.93. The Labute approximate surface area is 76.0 Å². The van der Waals surface area contributed by atoms with Crippen LogP contribution in [0.4, 0.5) is 0 Å². The van der Waals surface area contributed by atoms with E-state index >= 15 is 0 Å². The van der Waals surface area contributed by atoms with Gasteiger partial charge in [-0.1, -0.05) is 20.8 Å². The number of nitrogens with zero attached hydrogens (tertiary/aromatic N) is 2. The van der Waals surface area contributed by atoms with Crippen LogP contribution >= 0.6 is 15.9 Å². The molecule has 1 rings (SSSR count). The first kappa shape index (κ1) is 8.84. The Hall–Kier alpha value is -0.250. The number of hydrogen-bond acceptors (Lipinski definition) is 3. The molecule has 0 radical (unpaired) electrons. The van der Waals surface area contributed by atoms with E-state index in [1.807, 2.05) is 6.34 Å². The summed E-state index contributed by atoms with van der Waals surface area (Å²) in [7, 11) is 0. The Bertz CT molecular complexity index is 162. The summed E-state index contributed by atoms with van der Waals surface area (Å²) in [6.07, 6.45) is 1.82. The van der Waals surface area contributed by atoms with Crippen LogP contribution in [0.5, 0.6) is 0 Å². The standard InChI is InChI=1S/C7H14BrN3/c1-7(2,3)4-11-5-9-10-6(11)8/h5-6,10H,4H2,1-3H3. The quantitative estimate of drug-likeness (QED) is 0.536. The number of halogens is 1. The van der Waals surface area contributed by atoms with Crippen LogP contribution in [0, 0.1) is 5.41 Å². The summed E-state index contributed by atoms with van der Waals surface area (Å²) in [5, 5.41) is 4.10. The minimum absolute atomic E-state index is 0.168. The van der Waals surface area contributed by atoms with E-state index in [2.05, 4.69) is 52.1 Å². The largest absolute Gasteiger partial charge is 0.330 e. The van der Waals surface area contributed by atoms with Crippen LogP contribution in [0.25, 0.3) is 0 Å². The highest BCUT2D eigenvalue weighted by molar-refractivity contribution is 9.09. The third kappa shape index (κ3) is 2.69. The van der Waals surface area contributed by atoms with Gasteiger partial charge in [-0.15, -0.1) is 0 Å². The van der Waals surface area contributed by atoms with Crippen molar-refractivity contribution in [2.45, 2.75) is 25.8 Å². The van der Waals surface area contributed by atoms with Gasteiger partial charge in [0.2, 0.25) is 0 Å². The second-order valence-electron chi connectivity index (χ2n) is 3.94. The lowest BCUT2D eigenvalue weighted by Crippen LogP contribution is -2.37.